The molecule has 0 aliphatic rings. The van der Waals surface area contributed by atoms with Crippen LogP contribution in [-0.2, 0) is 6.54 Å². The Hall–Kier alpha value is -1.35. The van der Waals surface area contributed by atoms with Gasteiger partial charge < -0.3 is 5.32 Å². The van der Waals surface area contributed by atoms with E-state index in [4.69, 9.17) is 0 Å². The van der Waals surface area contributed by atoms with E-state index in [0.717, 1.165) is 22.9 Å². The Balaban J connectivity index is 1.96. The average molecular weight is 218 g/mol. The van der Waals surface area contributed by atoms with E-state index < -0.39 is 0 Å². The summed E-state index contributed by atoms with van der Waals surface area (Å²) in [7, 11) is 0. The van der Waals surface area contributed by atoms with E-state index in [1.165, 1.54) is 5.56 Å². The third-order valence-corrected chi connectivity index (χ3v) is 3.13. The quantitative estimate of drug-likeness (QED) is 0.854. The number of nitrogens with zero attached hydrogens (tertiary/aromatic N) is 1. The third kappa shape index (κ3) is 2.80. The van der Waals surface area contributed by atoms with Gasteiger partial charge in [0.25, 0.3) is 0 Å². The lowest BCUT2D eigenvalue weighted by Gasteiger charge is -2.03. The zero-order chi connectivity index (χ0) is 10.7. The number of hydrogen-bond donors (Lipinski definition) is 1. The van der Waals surface area contributed by atoms with Crippen molar-refractivity contribution in [1.82, 2.24) is 4.98 Å². The second kappa shape index (κ2) is 4.45. The van der Waals surface area contributed by atoms with E-state index in [-0.39, 0.29) is 0 Å². The van der Waals surface area contributed by atoms with Crippen LogP contribution in [0, 0.1) is 13.8 Å². The van der Waals surface area contributed by atoms with E-state index in [1.807, 2.05) is 6.92 Å². The van der Waals surface area contributed by atoms with E-state index in [0.29, 0.717) is 0 Å². The van der Waals surface area contributed by atoms with Gasteiger partial charge in [-0.2, -0.15) is 0 Å². The molecule has 3 heteroatoms. The van der Waals surface area contributed by atoms with Crippen LogP contribution in [0.5, 0.6) is 0 Å². The lowest BCUT2D eigenvalue weighted by Crippen LogP contribution is -1.98. The first-order valence-corrected chi connectivity index (χ1v) is 5.83. The van der Waals surface area contributed by atoms with Crippen LogP contribution < -0.4 is 5.32 Å². The van der Waals surface area contributed by atoms with Crippen LogP contribution >= 0.6 is 11.3 Å². The van der Waals surface area contributed by atoms with Crippen molar-refractivity contribution in [2.45, 2.75) is 20.4 Å². The molecule has 0 atom stereocenters. The van der Waals surface area contributed by atoms with Crippen LogP contribution in [0.15, 0.2) is 29.6 Å². The lowest BCUT2D eigenvalue weighted by molar-refractivity contribution is 1.08. The van der Waals surface area contributed by atoms with E-state index >= 15 is 0 Å². The zero-order valence-corrected chi connectivity index (χ0v) is 9.77. The number of hydrogen-bond acceptors (Lipinski definition) is 3. The summed E-state index contributed by atoms with van der Waals surface area (Å²) in [6, 6.07) is 8.40. The summed E-state index contributed by atoms with van der Waals surface area (Å²) >= 11 is 1.70. The topological polar surface area (TPSA) is 24.9 Å². The first-order valence-electron chi connectivity index (χ1n) is 4.95. The summed E-state index contributed by atoms with van der Waals surface area (Å²) in [5.41, 5.74) is 3.53. The smallest absolute Gasteiger partial charge is 0.112 e. The van der Waals surface area contributed by atoms with Gasteiger partial charge in [-0.15, -0.1) is 11.3 Å². The summed E-state index contributed by atoms with van der Waals surface area (Å²) in [6.45, 7) is 4.92. The highest BCUT2D eigenvalue weighted by Gasteiger charge is 1.97. The first-order chi connectivity index (χ1) is 7.24. The Morgan fingerprint density at radius 3 is 2.53 bits per heavy atom. The number of thiazole rings is 1. The van der Waals surface area contributed by atoms with E-state index in [2.05, 4.69) is 46.9 Å². The summed E-state index contributed by atoms with van der Waals surface area (Å²) < 4.78 is 0. The van der Waals surface area contributed by atoms with Gasteiger partial charge in [0.05, 0.1) is 6.54 Å². The molecule has 0 unspecified atom stereocenters. The van der Waals surface area contributed by atoms with Gasteiger partial charge in [0.15, 0.2) is 0 Å². The van der Waals surface area contributed by atoms with E-state index in [9.17, 15) is 0 Å². The van der Waals surface area contributed by atoms with Gasteiger partial charge in [-0.05, 0) is 26.0 Å². The number of rotatable bonds is 3. The summed E-state index contributed by atoms with van der Waals surface area (Å²) in [4.78, 5) is 4.40. The molecule has 0 spiro atoms. The Morgan fingerprint density at radius 1 is 1.20 bits per heavy atom. The molecule has 1 N–H and O–H groups in total. The first kappa shape index (κ1) is 10.2. The second-order valence-corrected chi connectivity index (χ2v) is 4.54. The van der Waals surface area contributed by atoms with Gasteiger partial charge in [-0.3, -0.25) is 0 Å². The Morgan fingerprint density at radius 2 is 1.93 bits per heavy atom. The minimum absolute atomic E-state index is 0.807. The highest BCUT2D eigenvalue weighted by atomic mass is 32.1. The largest absolute Gasteiger partial charge is 0.379 e. The van der Waals surface area contributed by atoms with Crippen LogP contribution in [0.3, 0.4) is 0 Å². The monoisotopic (exact) mass is 218 g/mol. The Bertz CT molecular complexity index is 431. The van der Waals surface area contributed by atoms with Gasteiger partial charge in [-0.25, -0.2) is 4.98 Å². The molecule has 1 aromatic heterocycles. The maximum atomic E-state index is 4.40. The molecule has 0 aliphatic carbocycles. The van der Waals surface area contributed by atoms with Gasteiger partial charge in [0.1, 0.15) is 5.01 Å². The number of aryl methyl sites for hydroxylation is 2. The van der Waals surface area contributed by atoms with Crippen molar-refractivity contribution in [2.24, 2.45) is 0 Å². The van der Waals surface area contributed by atoms with Crippen molar-refractivity contribution in [1.29, 1.82) is 0 Å². The molecule has 15 heavy (non-hydrogen) atoms. The molecule has 1 aromatic carbocycles. The molecule has 2 rings (SSSR count). The fraction of sp³-hybridized carbons (Fsp3) is 0.250. The molecular formula is C12H14N2S. The Labute approximate surface area is 94.0 Å². The van der Waals surface area contributed by atoms with Crippen LogP contribution in [-0.4, -0.2) is 4.98 Å². The minimum Gasteiger partial charge on any atom is -0.379 e. The molecular weight excluding hydrogens is 204 g/mol. The zero-order valence-electron chi connectivity index (χ0n) is 8.95. The Kier molecular flexibility index (Phi) is 3.02. The van der Waals surface area contributed by atoms with Crippen molar-refractivity contribution in [3.8, 4) is 0 Å². The molecule has 0 amide bonds. The molecule has 2 nitrogen and oxygen atoms in total. The predicted molar refractivity (Wildman–Crippen MR) is 65.4 cm³/mol. The molecule has 0 bridgehead atoms. The second-order valence-electron chi connectivity index (χ2n) is 3.60. The summed E-state index contributed by atoms with van der Waals surface area (Å²) in [5.74, 6) is 0. The lowest BCUT2D eigenvalue weighted by atomic mass is 10.2. The number of anilines is 1. The standard InChI is InChI=1S/C12H14N2S/c1-9-3-5-11(6-4-9)13-7-12-14-10(2)8-15-12/h3-6,8,13H,7H2,1-2H3. The van der Waals surface area contributed by atoms with Crippen LogP contribution in [0.4, 0.5) is 5.69 Å². The number of nitrogens with one attached hydrogen (secondary N) is 1. The fourth-order valence-electron chi connectivity index (χ4n) is 1.33. The molecule has 2 aromatic rings. The van der Waals surface area contributed by atoms with Crippen molar-refractivity contribution in [3.63, 3.8) is 0 Å². The minimum atomic E-state index is 0.807. The fourth-order valence-corrected chi connectivity index (χ4v) is 2.04. The third-order valence-electron chi connectivity index (χ3n) is 2.16. The number of aromatic nitrogens is 1. The van der Waals surface area contributed by atoms with Gasteiger partial charge in [0.2, 0.25) is 0 Å². The van der Waals surface area contributed by atoms with Gasteiger partial charge in [-0.1, -0.05) is 17.7 Å². The summed E-state index contributed by atoms with van der Waals surface area (Å²) in [6.07, 6.45) is 0. The molecule has 0 fully saturated rings. The molecule has 0 aliphatic heterocycles. The van der Waals surface area contributed by atoms with Crippen molar-refractivity contribution in [2.75, 3.05) is 5.32 Å². The highest BCUT2D eigenvalue weighted by molar-refractivity contribution is 7.09. The van der Waals surface area contributed by atoms with Crippen LogP contribution in [0.25, 0.3) is 0 Å². The molecule has 78 valence electrons. The van der Waals surface area contributed by atoms with Gasteiger partial charge >= 0.3 is 0 Å². The van der Waals surface area contributed by atoms with Crippen molar-refractivity contribution in [3.05, 3.63) is 45.9 Å². The van der Waals surface area contributed by atoms with Crippen molar-refractivity contribution >= 4 is 17.0 Å². The highest BCUT2D eigenvalue weighted by Crippen LogP contribution is 2.13. The molecule has 0 saturated heterocycles. The van der Waals surface area contributed by atoms with Crippen LogP contribution in [0.1, 0.15) is 16.3 Å². The average Bonchev–Trinajstić information content (AvgIpc) is 2.64. The SMILES string of the molecule is Cc1ccc(NCc2nc(C)cs2)cc1. The molecule has 0 saturated carbocycles. The molecule has 0 radical (unpaired) electrons. The van der Waals surface area contributed by atoms with Gasteiger partial charge in [0, 0.05) is 16.8 Å². The normalized spacial score (nSPS) is 10.3. The maximum absolute atomic E-state index is 4.40. The van der Waals surface area contributed by atoms with E-state index in [1.54, 1.807) is 11.3 Å². The predicted octanol–water partition coefficient (Wildman–Crippen LogP) is 3.37. The maximum Gasteiger partial charge on any atom is 0.112 e. The molecule has 1 heterocycles. The number of benzene rings is 1. The summed E-state index contributed by atoms with van der Waals surface area (Å²) in [5, 5.41) is 6.56. The van der Waals surface area contributed by atoms with Crippen molar-refractivity contribution < 1.29 is 0 Å². The van der Waals surface area contributed by atoms with Crippen LogP contribution in [0.2, 0.25) is 0 Å².